The Bertz CT molecular complexity index is 608. The summed E-state index contributed by atoms with van der Waals surface area (Å²) in [6.07, 6.45) is 5.62. The molecule has 108 valence electrons. The van der Waals surface area contributed by atoms with Gasteiger partial charge in [-0.3, -0.25) is 0 Å². The van der Waals surface area contributed by atoms with Crippen molar-refractivity contribution in [3.05, 3.63) is 42.5 Å². The van der Waals surface area contributed by atoms with Crippen LogP contribution in [0.1, 0.15) is 12.8 Å². The summed E-state index contributed by atoms with van der Waals surface area (Å²) in [6, 6.07) is 8.45. The van der Waals surface area contributed by atoms with Gasteiger partial charge in [0, 0.05) is 13.5 Å². The first-order valence-corrected chi connectivity index (χ1v) is 8.37. The summed E-state index contributed by atoms with van der Waals surface area (Å²) in [5.41, 5.74) is 0. The molecule has 5 heteroatoms. The molecule has 1 aromatic carbocycles. The van der Waals surface area contributed by atoms with Crippen LogP contribution in [0.15, 0.2) is 47.4 Å². The lowest BCUT2D eigenvalue weighted by molar-refractivity contribution is -0.188. The number of sulfone groups is 1. The Kier molecular flexibility index (Phi) is 3.44. The smallest absolute Gasteiger partial charge is 0.183 e. The predicted molar refractivity (Wildman–Crippen MR) is 75.0 cm³/mol. The van der Waals surface area contributed by atoms with Crippen molar-refractivity contribution in [3.63, 3.8) is 0 Å². The molecule has 1 aliphatic carbocycles. The second-order valence-corrected chi connectivity index (χ2v) is 7.39. The third kappa shape index (κ3) is 2.41. The van der Waals surface area contributed by atoms with E-state index in [1.54, 1.807) is 30.3 Å². The van der Waals surface area contributed by atoms with E-state index < -0.39 is 15.6 Å². The molecule has 3 rings (SSSR count). The molecule has 4 nitrogen and oxygen atoms in total. The molecule has 1 saturated heterocycles. The zero-order chi connectivity index (χ0) is 14.2. The van der Waals surface area contributed by atoms with E-state index in [2.05, 4.69) is 6.08 Å². The molecule has 3 unspecified atom stereocenters. The Morgan fingerprint density at radius 2 is 2.10 bits per heavy atom. The second kappa shape index (κ2) is 4.98. The van der Waals surface area contributed by atoms with Crippen molar-refractivity contribution in [2.24, 2.45) is 5.92 Å². The van der Waals surface area contributed by atoms with Gasteiger partial charge < -0.3 is 9.47 Å². The van der Waals surface area contributed by atoms with Crippen LogP contribution in [0.4, 0.5) is 0 Å². The van der Waals surface area contributed by atoms with Crippen LogP contribution in [0.2, 0.25) is 0 Å². The van der Waals surface area contributed by atoms with E-state index in [-0.39, 0.29) is 11.9 Å². The molecule has 3 atom stereocenters. The number of allylic oxidation sites excluding steroid dienone is 1. The number of methoxy groups -OCH3 is 1. The summed E-state index contributed by atoms with van der Waals surface area (Å²) in [4.78, 5) is 0.313. The molecular weight excluding hydrogens is 276 g/mol. The van der Waals surface area contributed by atoms with Crippen LogP contribution >= 0.6 is 0 Å². The Labute approximate surface area is 119 Å². The third-order valence-corrected chi connectivity index (χ3v) is 5.85. The Balaban J connectivity index is 1.84. The van der Waals surface area contributed by atoms with Gasteiger partial charge in [0.15, 0.2) is 15.6 Å². The van der Waals surface area contributed by atoms with Crippen LogP contribution < -0.4 is 0 Å². The van der Waals surface area contributed by atoms with Crippen LogP contribution in [-0.2, 0) is 19.3 Å². The highest BCUT2D eigenvalue weighted by molar-refractivity contribution is 7.91. The third-order valence-electron chi connectivity index (χ3n) is 4.04. The Hall–Kier alpha value is -1.17. The minimum atomic E-state index is -3.42. The van der Waals surface area contributed by atoms with Gasteiger partial charge in [0.05, 0.1) is 11.0 Å². The molecule has 2 aliphatic rings. The first-order chi connectivity index (χ1) is 9.55. The molecule has 0 N–H and O–H groups in total. The number of ether oxygens (including phenoxy) is 2. The van der Waals surface area contributed by atoms with Crippen LogP contribution in [-0.4, -0.2) is 33.2 Å². The average Bonchev–Trinajstić information content (AvgIpc) is 2.98. The van der Waals surface area contributed by atoms with E-state index in [0.29, 0.717) is 17.2 Å². The van der Waals surface area contributed by atoms with Gasteiger partial charge in [0.2, 0.25) is 0 Å². The highest BCUT2D eigenvalue weighted by atomic mass is 32.2. The van der Waals surface area contributed by atoms with Crippen molar-refractivity contribution >= 4 is 9.84 Å². The fourth-order valence-corrected chi connectivity index (χ4v) is 4.61. The minimum Gasteiger partial charge on any atom is -0.352 e. The number of hydrogen-bond donors (Lipinski definition) is 0. The van der Waals surface area contributed by atoms with Gasteiger partial charge in [-0.25, -0.2) is 8.42 Å². The molecule has 0 radical (unpaired) electrons. The number of rotatable bonds is 4. The molecule has 0 bridgehead atoms. The lowest BCUT2D eigenvalue weighted by Gasteiger charge is -2.27. The molecule has 0 amide bonds. The maximum atomic E-state index is 12.5. The summed E-state index contributed by atoms with van der Waals surface area (Å²) in [6.45, 7) is 0. The molecule has 0 aromatic heterocycles. The van der Waals surface area contributed by atoms with Crippen molar-refractivity contribution < 1.29 is 17.9 Å². The standard InChI is InChI=1S/C15H18O4S/c1-18-15(10-12-6-5-9-14(12)19-15)11-20(16,17)13-7-3-2-4-8-13/h2-5,7-9,12,14H,6,10-11H2,1H3. The average molecular weight is 294 g/mol. The van der Waals surface area contributed by atoms with Crippen LogP contribution in [0, 0.1) is 5.92 Å². The van der Waals surface area contributed by atoms with Gasteiger partial charge >= 0.3 is 0 Å². The van der Waals surface area contributed by atoms with Crippen molar-refractivity contribution in [3.8, 4) is 0 Å². The molecule has 1 heterocycles. The fraction of sp³-hybridized carbons (Fsp3) is 0.467. The number of hydrogen-bond acceptors (Lipinski definition) is 4. The topological polar surface area (TPSA) is 52.6 Å². The predicted octanol–water partition coefficient (Wildman–Crippen LogP) is 2.17. The SMILES string of the molecule is COC1(CS(=O)(=O)c2ccccc2)CC2CC=CC2O1. The summed E-state index contributed by atoms with van der Waals surface area (Å²) < 4.78 is 36.3. The zero-order valence-corrected chi connectivity index (χ0v) is 12.2. The second-order valence-electron chi connectivity index (χ2n) is 5.40. The summed E-state index contributed by atoms with van der Waals surface area (Å²) in [7, 11) is -1.90. The quantitative estimate of drug-likeness (QED) is 0.799. The Morgan fingerprint density at radius 1 is 1.35 bits per heavy atom. The van der Waals surface area contributed by atoms with Gasteiger partial charge in [-0.2, -0.15) is 0 Å². The summed E-state index contributed by atoms with van der Waals surface area (Å²) in [5, 5.41) is 0. The highest BCUT2D eigenvalue weighted by Gasteiger charge is 2.49. The van der Waals surface area contributed by atoms with Crippen molar-refractivity contribution in [1.82, 2.24) is 0 Å². The lowest BCUT2D eigenvalue weighted by atomic mass is 10.00. The molecule has 1 aliphatic heterocycles. The molecule has 1 aromatic rings. The Morgan fingerprint density at radius 3 is 2.75 bits per heavy atom. The molecular formula is C15H18O4S. The minimum absolute atomic E-state index is 0.0130. The van der Waals surface area contributed by atoms with E-state index in [4.69, 9.17) is 9.47 Å². The van der Waals surface area contributed by atoms with Crippen molar-refractivity contribution in [2.75, 3.05) is 12.9 Å². The van der Waals surface area contributed by atoms with Gasteiger partial charge in [-0.1, -0.05) is 30.4 Å². The van der Waals surface area contributed by atoms with Crippen LogP contribution in [0.5, 0.6) is 0 Å². The lowest BCUT2D eigenvalue weighted by Crippen LogP contribution is -2.39. The number of benzene rings is 1. The van der Waals surface area contributed by atoms with Gasteiger partial charge in [-0.05, 0) is 24.5 Å². The first-order valence-electron chi connectivity index (χ1n) is 6.72. The summed E-state index contributed by atoms with van der Waals surface area (Å²) in [5.74, 6) is -0.822. The van der Waals surface area contributed by atoms with Gasteiger partial charge in [0.25, 0.3) is 0 Å². The van der Waals surface area contributed by atoms with Crippen molar-refractivity contribution in [2.45, 2.75) is 29.6 Å². The van der Waals surface area contributed by atoms with E-state index in [0.717, 1.165) is 6.42 Å². The van der Waals surface area contributed by atoms with Crippen molar-refractivity contribution in [1.29, 1.82) is 0 Å². The number of fused-ring (bicyclic) bond motifs is 1. The molecule has 0 spiro atoms. The van der Waals surface area contributed by atoms with E-state index in [1.165, 1.54) is 7.11 Å². The van der Waals surface area contributed by atoms with Gasteiger partial charge in [-0.15, -0.1) is 0 Å². The maximum absolute atomic E-state index is 12.5. The van der Waals surface area contributed by atoms with E-state index >= 15 is 0 Å². The zero-order valence-electron chi connectivity index (χ0n) is 11.4. The highest BCUT2D eigenvalue weighted by Crippen LogP contribution is 2.42. The van der Waals surface area contributed by atoms with Crippen LogP contribution in [0.3, 0.4) is 0 Å². The summed E-state index contributed by atoms with van der Waals surface area (Å²) >= 11 is 0. The normalized spacial score (nSPS) is 32.5. The van der Waals surface area contributed by atoms with E-state index in [9.17, 15) is 8.42 Å². The molecule has 0 saturated carbocycles. The molecule has 1 fully saturated rings. The fourth-order valence-electron chi connectivity index (χ4n) is 2.99. The monoisotopic (exact) mass is 294 g/mol. The van der Waals surface area contributed by atoms with E-state index in [1.807, 2.05) is 6.08 Å². The maximum Gasteiger partial charge on any atom is 0.183 e. The van der Waals surface area contributed by atoms with Crippen LogP contribution in [0.25, 0.3) is 0 Å². The molecule has 20 heavy (non-hydrogen) atoms. The van der Waals surface area contributed by atoms with Gasteiger partial charge in [0.1, 0.15) is 5.75 Å². The first kappa shape index (κ1) is 13.8. The largest absolute Gasteiger partial charge is 0.352 e.